The Morgan fingerprint density at radius 2 is 1.92 bits per heavy atom. The lowest BCUT2D eigenvalue weighted by Gasteiger charge is -2.39. The van der Waals surface area contributed by atoms with Crippen molar-refractivity contribution in [3.63, 3.8) is 0 Å². The van der Waals surface area contributed by atoms with Gasteiger partial charge in [0.25, 0.3) is 0 Å². The molecule has 2 heterocycles. The molecule has 6 nitrogen and oxygen atoms in total. The fourth-order valence-corrected chi connectivity index (χ4v) is 3.12. The zero-order chi connectivity index (χ0) is 17.9. The van der Waals surface area contributed by atoms with E-state index in [1.807, 2.05) is 24.8 Å². The first-order chi connectivity index (χ1) is 11.2. The molecule has 1 unspecified atom stereocenters. The van der Waals surface area contributed by atoms with Crippen LogP contribution in [0.1, 0.15) is 58.0 Å². The molecule has 1 atom stereocenters. The summed E-state index contributed by atoms with van der Waals surface area (Å²) in [6, 6.07) is 2.02. The van der Waals surface area contributed by atoms with Gasteiger partial charge in [-0.2, -0.15) is 0 Å². The number of nitrogens with zero attached hydrogens (tertiary/aromatic N) is 4. The lowest BCUT2D eigenvalue weighted by atomic mass is 9.95. The summed E-state index contributed by atoms with van der Waals surface area (Å²) in [7, 11) is 0. The number of aryl methyl sites for hydroxylation is 1. The predicted octanol–water partition coefficient (Wildman–Crippen LogP) is 2.07. The molecule has 0 aliphatic carbocycles. The molecule has 2 N–H and O–H groups in total. The molecular weight excluding hydrogens is 302 g/mol. The van der Waals surface area contributed by atoms with Crippen molar-refractivity contribution in [2.75, 3.05) is 31.1 Å². The van der Waals surface area contributed by atoms with Crippen LogP contribution in [0.25, 0.3) is 0 Å². The minimum atomic E-state index is -0.757. The van der Waals surface area contributed by atoms with Crippen molar-refractivity contribution in [2.45, 2.75) is 58.9 Å². The van der Waals surface area contributed by atoms with Crippen LogP contribution in [-0.4, -0.2) is 52.5 Å². The van der Waals surface area contributed by atoms with Gasteiger partial charge in [0, 0.05) is 43.9 Å². The molecule has 6 heteroatoms. The Balaban J connectivity index is 2.04. The molecule has 0 bridgehead atoms. The van der Waals surface area contributed by atoms with Crippen molar-refractivity contribution < 1.29 is 4.79 Å². The first-order valence-corrected chi connectivity index (χ1v) is 8.93. The number of piperazine rings is 1. The third-order valence-electron chi connectivity index (χ3n) is 4.52. The summed E-state index contributed by atoms with van der Waals surface area (Å²) in [4.78, 5) is 25.9. The van der Waals surface area contributed by atoms with Crippen molar-refractivity contribution in [2.24, 2.45) is 5.73 Å². The Morgan fingerprint density at radius 3 is 2.46 bits per heavy atom. The third kappa shape index (κ3) is 4.23. The summed E-state index contributed by atoms with van der Waals surface area (Å²) in [6.45, 7) is 13.0. The summed E-state index contributed by atoms with van der Waals surface area (Å²) >= 11 is 0. The van der Waals surface area contributed by atoms with E-state index in [0.29, 0.717) is 19.0 Å². The summed E-state index contributed by atoms with van der Waals surface area (Å²) in [5.74, 6) is 2.20. The number of carbonyl (C=O) groups is 1. The quantitative estimate of drug-likeness (QED) is 0.893. The van der Waals surface area contributed by atoms with E-state index in [0.717, 1.165) is 43.3 Å². The van der Waals surface area contributed by atoms with E-state index in [1.54, 1.807) is 0 Å². The van der Waals surface area contributed by atoms with E-state index in [2.05, 4.69) is 30.7 Å². The van der Waals surface area contributed by atoms with Gasteiger partial charge in [-0.25, -0.2) is 9.97 Å². The van der Waals surface area contributed by atoms with Crippen LogP contribution in [0.5, 0.6) is 0 Å². The highest BCUT2D eigenvalue weighted by Gasteiger charge is 2.33. The highest BCUT2D eigenvalue weighted by Crippen LogP contribution is 2.20. The molecule has 24 heavy (non-hydrogen) atoms. The zero-order valence-corrected chi connectivity index (χ0v) is 15.7. The first-order valence-electron chi connectivity index (χ1n) is 8.93. The van der Waals surface area contributed by atoms with E-state index in [4.69, 9.17) is 10.7 Å². The molecule has 0 aromatic carbocycles. The van der Waals surface area contributed by atoms with Crippen LogP contribution in [0.3, 0.4) is 0 Å². The van der Waals surface area contributed by atoms with E-state index in [-0.39, 0.29) is 5.91 Å². The molecular formula is C18H31N5O. The number of rotatable bonds is 5. The average Bonchev–Trinajstić information content (AvgIpc) is 2.53. The van der Waals surface area contributed by atoms with E-state index < -0.39 is 5.54 Å². The molecule has 2 rings (SSSR count). The first kappa shape index (κ1) is 18.6. The highest BCUT2D eigenvalue weighted by molar-refractivity contribution is 5.85. The maximum absolute atomic E-state index is 12.6. The van der Waals surface area contributed by atoms with Crippen LogP contribution in [0, 0.1) is 6.92 Å². The van der Waals surface area contributed by atoms with Crippen LogP contribution < -0.4 is 10.6 Å². The molecule has 0 saturated carbocycles. The van der Waals surface area contributed by atoms with Crippen LogP contribution >= 0.6 is 0 Å². The zero-order valence-electron chi connectivity index (χ0n) is 15.7. The lowest BCUT2D eigenvalue weighted by Crippen LogP contribution is -2.58. The van der Waals surface area contributed by atoms with Crippen molar-refractivity contribution in [3.8, 4) is 0 Å². The second-order valence-electron chi connectivity index (χ2n) is 7.33. The van der Waals surface area contributed by atoms with E-state index in [1.165, 1.54) is 0 Å². The van der Waals surface area contributed by atoms with E-state index >= 15 is 0 Å². The number of anilines is 1. The Bertz CT molecular complexity index is 577. The number of carbonyl (C=O) groups excluding carboxylic acids is 1. The van der Waals surface area contributed by atoms with Gasteiger partial charge < -0.3 is 15.5 Å². The van der Waals surface area contributed by atoms with Crippen LogP contribution in [0.2, 0.25) is 0 Å². The minimum Gasteiger partial charge on any atom is -0.353 e. The van der Waals surface area contributed by atoms with Gasteiger partial charge in [0.1, 0.15) is 11.6 Å². The van der Waals surface area contributed by atoms with Gasteiger partial charge in [0.15, 0.2) is 0 Å². The van der Waals surface area contributed by atoms with Crippen molar-refractivity contribution in [1.82, 2.24) is 14.9 Å². The maximum Gasteiger partial charge on any atom is 0.242 e. The molecule has 0 spiro atoms. The van der Waals surface area contributed by atoms with Gasteiger partial charge in [0.05, 0.1) is 5.54 Å². The van der Waals surface area contributed by atoms with Gasteiger partial charge >= 0.3 is 0 Å². The Morgan fingerprint density at radius 1 is 1.29 bits per heavy atom. The van der Waals surface area contributed by atoms with E-state index in [9.17, 15) is 4.79 Å². The predicted molar refractivity (Wildman–Crippen MR) is 97.2 cm³/mol. The molecule has 1 aliphatic rings. The molecule has 0 radical (unpaired) electrons. The second-order valence-corrected chi connectivity index (χ2v) is 7.33. The number of aromatic nitrogens is 2. The van der Waals surface area contributed by atoms with Crippen LogP contribution in [-0.2, 0) is 4.79 Å². The average molecular weight is 333 g/mol. The maximum atomic E-state index is 12.6. The Labute approximate surface area is 145 Å². The fourth-order valence-electron chi connectivity index (χ4n) is 3.12. The van der Waals surface area contributed by atoms with Crippen molar-refractivity contribution in [1.29, 1.82) is 0 Å². The standard InChI is InChI=1S/C18H31N5O/c1-6-7-18(5,19)17(24)23-10-8-22(9-11-23)15-12-14(4)20-16(21-15)13(2)3/h12-13H,6-11,19H2,1-5H3. The van der Waals surface area contributed by atoms with Crippen LogP contribution in [0.15, 0.2) is 6.07 Å². The molecule has 1 fully saturated rings. The topological polar surface area (TPSA) is 75.4 Å². The monoisotopic (exact) mass is 333 g/mol. The molecule has 1 amide bonds. The second kappa shape index (κ2) is 7.47. The van der Waals surface area contributed by atoms with Gasteiger partial charge in [-0.1, -0.05) is 27.2 Å². The fraction of sp³-hybridized carbons (Fsp3) is 0.722. The summed E-state index contributed by atoms with van der Waals surface area (Å²) in [5, 5.41) is 0. The summed E-state index contributed by atoms with van der Waals surface area (Å²) < 4.78 is 0. The van der Waals surface area contributed by atoms with Gasteiger partial charge in [-0.3, -0.25) is 4.79 Å². The van der Waals surface area contributed by atoms with Crippen molar-refractivity contribution >= 4 is 11.7 Å². The summed E-state index contributed by atoms with van der Waals surface area (Å²) in [6.07, 6.45) is 1.63. The SMILES string of the molecule is CCCC(C)(N)C(=O)N1CCN(c2cc(C)nc(C(C)C)n2)CC1. The summed E-state index contributed by atoms with van der Waals surface area (Å²) in [5.41, 5.74) is 6.42. The number of hydrogen-bond acceptors (Lipinski definition) is 5. The highest BCUT2D eigenvalue weighted by atomic mass is 16.2. The lowest BCUT2D eigenvalue weighted by molar-refractivity contribution is -0.137. The van der Waals surface area contributed by atoms with Gasteiger partial charge in [0.2, 0.25) is 5.91 Å². The van der Waals surface area contributed by atoms with Gasteiger partial charge in [-0.05, 0) is 20.3 Å². The van der Waals surface area contributed by atoms with Crippen molar-refractivity contribution in [3.05, 3.63) is 17.6 Å². The normalized spacial score (nSPS) is 18.0. The number of amides is 1. The minimum absolute atomic E-state index is 0.0609. The third-order valence-corrected chi connectivity index (χ3v) is 4.52. The molecule has 1 aromatic heterocycles. The molecule has 134 valence electrons. The Kier molecular flexibility index (Phi) is 5.80. The molecule has 1 aromatic rings. The van der Waals surface area contributed by atoms with Crippen LogP contribution in [0.4, 0.5) is 5.82 Å². The Hall–Kier alpha value is -1.69. The molecule has 1 aliphatic heterocycles. The largest absolute Gasteiger partial charge is 0.353 e. The molecule has 1 saturated heterocycles. The number of nitrogens with two attached hydrogens (primary N) is 1. The smallest absolute Gasteiger partial charge is 0.242 e. The number of hydrogen-bond donors (Lipinski definition) is 1. The van der Waals surface area contributed by atoms with Gasteiger partial charge in [-0.15, -0.1) is 0 Å².